The molecule has 7 nitrogen and oxygen atoms in total. The minimum atomic E-state index is -1.78. The highest BCUT2D eigenvalue weighted by Crippen LogP contribution is 2.32. The molecule has 1 aliphatic rings. The van der Waals surface area contributed by atoms with Gasteiger partial charge in [-0.2, -0.15) is 0 Å². The van der Waals surface area contributed by atoms with Gasteiger partial charge in [0.25, 0.3) is 0 Å². The number of amidine groups is 1. The molecule has 0 radical (unpaired) electrons. The first kappa shape index (κ1) is 19.9. The fraction of sp³-hybridized carbons (Fsp3) is 0.222. The van der Waals surface area contributed by atoms with Gasteiger partial charge in [-0.25, -0.2) is 22.9 Å². The zero-order valence-corrected chi connectivity index (χ0v) is 15.7. The summed E-state index contributed by atoms with van der Waals surface area (Å²) in [6, 6.07) is 7.92. The smallest absolute Gasteiger partial charge is 0.414 e. The molecular weight excluding hydrogens is 390 g/mol. The zero-order chi connectivity index (χ0) is 20.4. The number of ether oxygens (including phenoxy) is 1. The lowest BCUT2D eigenvalue weighted by Gasteiger charge is -2.15. The first-order valence-corrected chi connectivity index (χ1v) is 9.48. The standard InChI is InChI=1S/C18H18F2N4O3S/c1-10(21)23-8-13-9-24(18(25)27-13)12-6-15(19)17(16(20)7-12)11-3-2-4-14(5-11)28(22)26/h2-7,13H,8-9,22H2,1H3,(H2,21,23). The first-order chi connectivity index (χ1) is 13.3. The third-order valence-electron chi connectivity index (χ3n) is 4.11. The van der Waals surface area contributed by atoms with Crippen LogP contribution in [0.4, 0.5) is 19.3 Å². The number of carbonyl (C=O) groups is 1. The van der Waals surface area contributed by atoms with Gasteiger partial charge in [-0.3, -0.25) is 9.89 Å². The predicted molar refractivity (Wildman–Crippen MR) is 102 cm³/mol. The van der Waals surface area contributed by atoms with Crippen LogP contribution in [0.2, 0.25) is 0 Å². The van der Waals surface area contributed by atoms with Crippen LogP contribution >= 0.6 is 0 Å². The number of carbonyl (C=O) groups excluding carboxylic acids is 1. The van der Waals surface area contributed by atoms with Gasteiger partial charge in [0.1, 0.15) is 28.7 Å². The van der Waals surface area contributed by atoms with E-state index in [0.29, 0.717) is 5.84 Å². The molecule has 0 bridgehead atoms. The molecule has 0 spiro atoms. The largest absolute Gasteiger partial charge is 0.442 e. The van der Waals surface area contributed by atoms with Crippen LogP contribution in [0, 0.1) is 11.6 Å². The molecule has 1 amide bonds. The van der Waals surface area contributed by atoms with E-state index in [1.807, 2.05) is 0 Å². The second-order valence-electron chi connectivity index (χ2n) is 6.21. The predicted octanol–water partition coefficient (Wildman–Crippen LogP) is 2.32. The Morgan fingerprint density at radius 3 is 2.61 bits per heavy atom. The Balaban J connectivity index is 1.90. The van der Waals surface area contributed by atoms with Gasteiger partial charge >= 0.3 is 6.09 Å². The SMILES string of the molecule is CC(N)=NCC1CN(c2cc(F)c(-c3cccc(S(N)=O)c3)c(F)c2)C(=O)O1. The van der Waals surface area contributed by atoms with Crippen LogP contribution in [0.5, 0.6) is 0 Å². The molecule has 0 aliphatic carbocycles. The number of nitrogens with two attached hydrogens (primary N) is 2. The van der Waals surface area contributed by atoms with Gasteiger partial charge in [0, 0.05) is 0 Å². The molecular formula is C18H18F2N4O3S. The Hall–Kier alpha value is -2.85. The number of aliphatic imine (C=N–C) groups is 1. The molecule has 1 fully saturated rings. The summed E-state index contributed by atoms with van der Waals surface area (Å²) in [5.74, 6) is -1.40. The summed E-state index contributed by atoms with van der Waals surface area (Å²) in [7, 11) is -1.78. The van der Waals surface area contributed by atoms with Crippen molar-refractivity contribution >= 4 is 28.6 Å². The number of hydrogen-bond donors (Lipinski definition) is 2. The maximum atomic E-state index is 14.7. The molecule has 28 heavy (non-hydrogen) atoms. The van der Waals surface area contributed by atoms with Crippen molar-refractivity contribution in [2.75, 3.05) is 18.0 Å². The summed E-state index contributed by atoms with van der Waals surface area (Å²) < 4.78 is 46.0. The second-order valence-corrected chi connectivity index (χ2v) is 7.27. The highest BCUT2D eigenvalue weighted by atomic mass is 32.2. The minimum absolute atomic E-state index is 0.0262. The zero-order valence-electron chi connectivity index (χ0n) is 14.9. The lowest BCUT2D eigenvalue weighted by Crippen LogP contribution is -2.25. The Bertz CT molecular complexity index is 956. The summed E-state index contributed by atoms with van der Waals surface area (Å²) >= 11 is 0. The van der Waals surface area contributed by atoms with E-state index < -0.39 is 34.8 Å². The number of benzene rings is 2. The minimum Gasteiger partial charge on any atom is -0.442 e. The molecule has 1 saturated heterocycles. The van der Waals surface area contributed by atoms with Crippen molar-refractivity contribution < 1.29 is 22.5 Å². The normalized spacial score (nSPS) is 18.3. The van der Waals surface area contributed by atoms with Crippen LogP contribution in [-0.4, -0.2) is 35.3 Å². The maximum absolute atomic E-state index is 14.7. The molecule has 3 rings (SSSR count). The summed E-state index contributed by atoms with van der Waals surface area (Å²) in [6.07, 6.45) is -1.28. The fourth-order valence-corrected chi connectivity index (χ4v) is 3.30. The Kier molecular flexibility index (Phi) is 5.71. The van der Waals surface area contributed by atoms with Crippen molar-refractivity contribution in [2.24, 2.45) is 15.9 Å². The highest BCUT2D eigenvalue weighted by Gasteiger charge is 2.33. The third kappa shape index (κ3) is 4.18. The van der Waals surface area contributed by atoms with Crippen molar-refractivity contribution in [3.05, 3.63) is 48.0 Å². The molecule has 2 atom stereocenters. The van der Waals surface area contributed by atoms with Crippen LogP contribution < -0.4 is 15.8 Å². The van der Waals surface area contributed by atoms with E-state index in [1.54, 1.807) is 6.92 Å². The number of anilines is 1. The summed E-state index contributed by atoms with van der Waals surface area (Å²) in [5, 5.41) is 5.32. The third-order valence-corrected chi connectivity index (χ3v) is 4.83. The van der Waals surface area contributed by atoms with Crippen molar-refractivity contribution in [2.45, 2.75) is 17.9 Å². The summed E-state index contributed by atoms with van der Waals surface area (Å²) in [6.45, 7) is 1.86. The quantitative estimate of drug-likeness (QED) is 0.584. The molecule has 2 unspecified atom stereocenters. The number of hydrogen-bond acceptors (Lipinski definition) is 4. The number of cyclic esters (lactones) is 1. The topological polar surface area (TPSA) is 111 Å². The Labute approximate surface area is 162 Å². The van der Waals surface area contributed by atoms with E-state index in [1.165, 1.54) is 24.3 Å². The molecule has 0 saturated carbocycles. The maximum Gasteiger partial charge on any atom is 0.414 e. The van der Waals surface area contributed by atoms with Gasteiger partial charge in [0.2, 0.25) is 0 Å². The van der Waals surface area contributed by atoms with Gasteiger partial charge in [-0.1, -0.05) is 12.1 Å². The fourth-order valence-electron chi connectivity index (χ4n) is 2.84. The Morgan fingerprint density at radius 1 is 1.32 bits per heavy atom. The van der Waals surface area contributed by atoms with Gasteiger partial charge in [-0.15, -0.1) is 0 Å². The number of amides is 1. The van der Waals surface area contributed by atoms with Crippen molar-refractivity contribution in [3.8, 4) is 11.1 Å². The van der Waals surface area contributed by atoms with Crippen LogP contribution in [0.1, 0.15) is 6.92 Å². The summed E-state index contributed by atoms with van der Waals surface area (Å²) in [4.78, 5) is 17.4. The van der Waals surface area contributed by atoms with Crippen molar-refractivity contribution in [3.63, 3.8) is 0 Å². The van der Waals surface area contributed by atoms with Crippen LogP contribution in [0.25, 0.3) is 11.1 Å². The van der Waals surface area contributed by atoms with E-state index >= 15 is 0 Å². The molecule has 148 valence electrons. The summed E-state index contributed by atoms with van der Waals surface area (Å²) in [5.41, 5.74) is 5.37. The molecule has 0 aromatic heterocycles. The van der Waals surface area contributed by atoms with Crippen LogP contribution in [0.15, 0.2) is 46.3 Å². The van der Waals surface area contributed by atoms with Crippen LogP contribution in [-0.2, 0) is 15.7 Å². The number of halogens is 2. The van der Waals surface area contributed by atoms with Crippen molar-refractivity contribution in [1.82, 2.24) is 0 Å². The van der Waals surface area contributed by atoms with Crippen LogP contribution in [0.3, 0.4) is 0 Å². The molecule has 2 aromatic rings. The van der Waals surface area contributed by atoms with E-state index in [0.717, 1.165) is 17.0 Å². The molecule has 2 aromatic carbocycles. The number of rotatable bonds is 5. The lowest BCUT2D eigenvalue weighted by atomic mass is 10.0. The lowest BCUT2D eigenvalue weighted by molar-refractivity contribution is 0.145. The van der Waals surface area contributed by atoms with Crippen molar-refractivity contribution in [1.29, 1.82) is 0 Å². The first-order valence-electron chi connectivity index (χ1n) is 8.26. The monoisotopic (exact) mass is 408 g/mol. The van der Waals surface area contributed by atoms with E-state index in [4.69, 9.17) is 15.6 Å². The van der Waals surface area contributed by atoms with Gasteiger partial charge in [0.15, 0.2) is 0 Å². The number of nitrogens with zero attached hydrogens (tertiary/aromatic N) is 2. The average Bonchev–Trinajstić information content (AvgIpc) is 3.00. The Morgan fingerprint density at radius 2 is 2.00 bits per heavy atom. The van der Waals surface area contributed by atoms with E-state index in [-0.39, 0.29) is 34.8 Å². The molecule has 4 N–H and O–H groups in total. The van der Waals surface area contributed by atoms with Gasteiger partial charge < -0.3 is 10.5 Å². The van der Waals surface area contributed by atoms with Gasteiger partial charge in [-0.05, 0) is 36.8 Å². The average molecular weight is 408 g/mol. The molecule has 10 heteroatoms. The highest BCUT2D eigenvalue weighted by molar-refractivity contribution is 7.82. The van der Waals surface area contributed by atoms with E-state index in [2.05, 4.69) is 4.99 Å². The van der Waals surface area contributed by atoms with E-state index in [9.17, 15) is 17.8 Å². The van der Waals surface area contributed by atoms with Gasteiger partial charge in [0.05, 0.1) is 35.1 Å². The second kappa shape index (κ2) is 8.03. The molecule has 1 aliphatic heterocycles. The molecule has 1 heterocycles.